The van der Waals surface area contributed by atoms with Crippen molar-refractivity contribution in [3.63, 3.8) is 0 Å². The molecule has 4 rings (SSSR count). The summed E-state index contributed by atoms with van der Waals surface area (Å²) in [5.74, 6) is -0.508. The van der Waals surface area contributed by atoms with Crippen molar-refractivity contribution in [2.75, 3.05) is 24.3 Å². The molecule has 8 nitrogen and oxygen atoms in total. The summed E-state index contributed by atoms with van der Waals surface area (Å²) in [4.78, 5) is 31.2. The van der Waals surface area contributed by atoms with Gasteiger partial charge in [0.2, 0.25) is 11.8 Å². The Kier molecular flexibility index (Phi) is 7.78. The fraction of sp³-hybridized carbons (Fsp3) is 0.286. The van der Waals surface area contributed by atoms with Crippen molar-refractivity contribution in [3.8, 4) is 0 Å². The number of carbonyl (C=O) groups excluding carboxylic acids is 2. The predicted molar refractivity (Wildman–Crippen MR) is 148 cm³/mol. The number of amides is 2. The van der Waals surface area contributed by atoms with Gasteiger partial charge in [-0.15, -0.1) is 5.10 Å². The number of benzene rings is 3. The highest BCUT2D eigenvalue weighted by Gasteiger charge is 2.41. The zero-order chi connectivity index (χ0) is 26.6. The maximum atomic E-state index is 13.8. The van der Waals surface area contributed by atoms with Crippen LogP contribution < -0.4 is 10.2 Å². The van der Waals surface area contributed by atoms with Gasteiger partial charge in [0.25, 0.3) is 0 Å². The molecule has 0 radical (unpaired) electrons. The second kappa shape index (κ2) is 11.0. The molecule has 4 aromatic rings. The zero-order valence-corrected chi connectivity index (χ0v) is 22.2. The molecule has 1 atom stereocenters. The van der Waals surface area contributed by atoms with E-state index in [1.165, 1.54) is 0 Å². The number of hydrogen-bond donors (Lipinski definition) is 1. The molecule has 1 unspecified atom stereocenters. The highest BCUT2D eigenvalue weighted by atomic mass is 35.5. The number of anilines is 2. The Morgan fingerprint density at radius 2 is 1.68 bits per heavy atom. The molecule has 3 aromatic carbocycles. The van der Waals surface area contributed by atoms with Crippen molar-refractivity contribution in [1.29, 1.82) is 0 Å². The molecule has 9 heteroatoms. The summed E-state index contributed by atoms with van der Waals surface area (Å²) in [6.07, 6.45) is 0.409. The summed E-state index contributed by atoms with van der Waals surface area (Å²) < 4.78 is 1.57. The smallest absolute Gasteiger partial charge is 0.250 e. The van der Waals surface area contributed by atoms with Crippen LogP contribution in [0, 0.1) is 0 Å². The molecule has 0 aliphatic rings. The molecule has 1 N–H and O–H groups in total. The lowest BCUT2D eigenvalue weighted by Crippen LogP contribution is -2.57. The average molecular weight is 519 g/mol. The molecule has 0 fully saturated rings. The van der Waals surface area contributed by atoms with Crippen LogP contribution in [0.15, 0.2) is 72.8 Å². The van der Waals surface area contributed by atoms with Crippen LogP contribution >= 0.6 is 11.6 Å². The van der Waals surface area contributed by atoms with Crippen molar-refractivity contribution in [2.45, 2.75) is 38.9 Å². The molecule has 2 amide bonds. The molecule has 0 aliphatic carbocycles. The van der Waals surface area contributed by atoms with Gasteiger partial charge in [-0.25, -0.2) is 4.68 Å². The molecular weight excluding hydrogens is 488 g/mol. The lowest BCUT2D eigenvalue weighted by atomic mass is 9.93. The molecule has 192 valence electrons. The fourth-order valence-corrected chi connectivity index (χ4v) is 4.27. The van der Waals surface area contributed by atoms with E-state index in [1.807, 2.05) is 86.6 Å². The third kappa shape index (κ3) is 5.75. The quantitative estimate of drug-likeness (QED) is 0.337. The summed E-state index contributed by atoms with van der Waals surface area (Å²) in [6, 6.07) is 22.3. The maximum Gasteiger partial charge on any atom is 0.250 e. The first-order valence-electron chi connectivity index (χ1n) is 12.1. The van der Waals surface area contributed by atoms with Crippen LogP contribution in [0.4, 0.5) is 11.4 Å². The first-order valence-corrected chi connectivity index (χ1v) is 12.5. The molecule has 1 heterocycles. The molecule has 1 aromatic heterocycles. The Morgan fingerprint density at radius 3 is 2.32 bits per heavy atom. The van der Waals surface area contributed by atoms with Gasteiger partial charge in [0, 0.05) is 37.0 Å². The average Bonchev–Trinajstić information content (AvgIpc) is 3.30. The second-order valence-corrected chi connectivity index (χ2v) is 9.80. The molecular formula is C28H31ClN6O2. The minimum Gasteiger partial charge on any atom is -0.378 e. The Bertz CT molecular complexity index is 1380. The Balaban J connectivity index is 1.64. The number of carbonyl (C=O) groups is 2. The summed E-state index contributed by atoms with van der Waals surface area (Å²) in [5.41, 5.74) is 2.88. The van der Waals surface area contributed by atoms with Gasteiger partial charge >= 0.3 is 0 Å². The van der Waals surface area contributed by atoms with Crippen molar-refractivity contribution in [1.82, 2.24) is 19.9 Å². The number of nitrogens with one attached hydrogen (secondary N) is 1. The Labute approximate surface area is 221 Å². The summed E-state index contributed by atoms with van der Waals surface area (Å²) >= 11 is 6.08. The van der Waals surface area contributed by atoms with E-state index in [4.69, 9.17) is 11.6 Å². The van der Waals surface area contributed by atoms with Crippen LogP contribution in [0.3, 0.4) is 0 Å². The Hall–Kier alpha value is -3.91. The topological polar surface area (TPSA) is 83.4 Å². The van der Waals surface area contributed by atoms with Gasteiger partial charge < -0.3 is 15.1 Å². The number of halogens is 1. The highest BCUT2D eigenvalue weighted by Crippen LogP contribution is 2.27. The van der Waals surface area contributed by atoms with Gasteiger partial charge in [0.05, 0.1) is 5.52 Å². The van der Waals surface area contributed by atoms with Gasteiger partial charge in [0.15, 0.2) is 0 Å². The number of aromatic nitrogens is 3. The number of hydrogen-bond acceptors (Lipinski definition) is 5. The van der Waals surface area contributed by atoms with Crippen LogP contribution in [0.2, 0.25) is 5.02 Å². The van der Waals surface area contributed by atoms with Crippen molar-refractivity contribution < 1.29 is 9.59 Å². The van der Waals surface area contributed by atoms with Gasteiger partial charge in [-0.05, 0) is 67.4 Å². The molecule has 0 bridgehead atoms. The van der Waals surface area contributed by atoms with Crippen molar-refractivity contribution in [2.24, 2.45) is 0 Å². The maximum absolute atomic E-state index is 13.8. The second-order valence-electron chi connectivity index (χ2n) is 9.36. The van der Waals surface area contributed by atoms with Gasteiger partial charge in [-0.2, -0.15) is 0 Å². The van der Waals surface area contributed by atoms with Crippen LogP contribution in [0.5, 0.6) is 0 Å². The van der Waals surface area contributed by atoms with Gasteiger partial charge in [-0.3, -0.25) is 9.59 Å². The van der Waals surface area contributed by atoms with Crippen LogP contribution in [-0.2, 0) is 22.7 Å². The van der Waals surface area contributed by atoms with E-state index in [9.17, 15) is 9.59 Å². The highest BCUT2D eigenvalue weighted by molar-refractivity contribution is 6.30. The van der Waals surface area contributed by atoms with E-state index >= 15 is 0 Å². The van der Waals surface area contributed by atoms with E-state index in [2.05, 4.69) is 15.6 Å². The fourth-order valence-electron chi connectivity index (χ4n) is 4.14. The van der Waals surface area contributed by atoms with E-state index in [0.29, 0.717) is 22.6 Å². The lowest BCUT2D eigenvalue weighted by Gasteiger charge is -2.39. The number of rotatable bonds is 9. The molecule has 0 spiro atoms. The molecule has 0 saturated heterocycles. The minimum atomic E-state index is -1.13. The van der Waals surface area contributed by atoms with Crippen LogP contribution in [0.25, 0.3) is 11.0 Å². The lowest BCUT2D eigenvalue weighted by molar-refractivity contribution is -0.146. The van der Waals surface area contributed by atoms with Crippen LogP contribution in [0.1, 0.15) is 25.8 Å². The van der Waals surface area contributed by atoms with Crippen molar-refractivity contribution in [3.05, 3.63) is 83.4 Å². The van der Waals surface area contributed by atoms with E-state index in [-0.39, 0.29) is 24.9 Å². The minimum absolute atomic E-state index is 0.0471. The number of para-hydroxylation sites is 1. The Morgan fingerprint density at radius 1 is 1.00 bits per heavy atom. The van der Waals surface area contributed by atoms with E-state index in [0.717, 1.165) is 16.8 Å². The van der Waals surface area contributed by atoms with Crippen LogP contribution in [-0.4, -0.2) is 51.3 Å². The normalized spacial score (nSPS) is 12.7. The standard InChI is InChI=1S/C28H31ClN6O2/c1-5-28(2,27(37)30-22-14-16-23(17-15-22)33(3)4)34(18-20-10-12-21(29)13-11-20)26(36)19-35-25-9-7-6-8-24(25)31-32-35/h6-17H,5,18-19H2,1-4H3,(H,30,37). The molecule has 37 heavy (non-hydrogen) atoms. The van der Waals surface area contributed by atoms with E-state index < -0.39 is 5.54 Å². The van der Waals surface area contributed by atoms with Gasteiger partial charge in [-0.1, -0.05) is 48.0 Å². The molecule has 0 saturated carbocycles. The number of nitrogens with zero attached hydrogens (tertiary/aromatic N) is 5. The monoisotopic (exact) mass is 518 g/mol. The SMILES string of the molecule is CCC(C)(C(=O)Nc1ccc(N(C)C)cc1)N(Cc1ccc(Cl)cc1)C(=O)Cn1nnc2ccccc21. The van der Waals surface area contributed by atoms with Crippen molar-refractivity contribution >= 4 is 45.8 Å². The summed E-state index contributed by atoms with van der Waals surface area (Å²) in [7, 11) is 3.92. The zero-order valence-electron chi connectivity index (χ0n) is 21.5. The predicted octanol–water partition coefficient (Wildman–Crippen LogP) is 4.99. The summed E-state index contributed by atoms with van der Waals surface area (Å²) in [6.45, 7) is 3.89. The number of fused-ring (bicyclic) bond motifs is 1. The summed E-state index contributed by atoms with van der Waals surface area (Å²) in [5, 5.41) is 12.0. The largest absolute Gasteiger partial charge is 0.378 e. The first-order chi connectivity index (χ1) is 17.7. The van der Waals surface area contributed by atoms with E-state index in [1.54, 1.807) is 28.6 Å². The first kappa shape index (κ1) is 26.2. The van der Waals surface area contributed by atoms with Gasteiger partial charge in [0.1, 0.15) is 17.6 Å². The third-order valence-electron chi connectivity index (χ3n) is 6.68. The molecule has 0 aliphatic heterocycles. The third-order valence-corrected chi connectivity index (χ3v) is 6.93.